The summed E-state index contributed by atoms with van der Waals surface area (Å²) < 4.78 is 22.1. The van der Waals surface area contributed by atoms with Crippen LogP contribution in [0.2, 0.25) is 0 Å². The second kappa shape index (κ2) is 13.3. The zero-order chi connectivity index (χ0) is 39.1. The maximum atomic E-state index is 14.6. The molecular formula is C39H37IN6O9. The number of ether oxygens (including phenoxy) is 3. The molecule has 3 aromatic carbocycles. The van der Waals surface area contributed by atoms with Crippen molar-refractivity contribution in [3.05, 3.63) is 112 Å². The molecule has 1 saturated carbocycles. The first-order valence-corrected chi connectivity index (χ1v) is 18.7. The van der Waals surface area contributed by atoms with Crippen LogP contribution in [0, 0.1) is 14.9 Å². The Hall–Kier alpha value is -5.65. The van der Waals surface area contributed by atoms with Crippen LogP contribution in [0.25, 0.3) is 11.0 Å². The van der Waals surface area contributed by atoms with Crippen molar-refractivity contribution in [2.75, 3.05) is 26.2 Å². The Kier molecular flexibility index (Phi) is 8.77. The highest BCUT2D eigenvalue weighted by Crippen LogP contribution is 2.61. The number of phenols is 1. The van der Waals surface area contributed by atoms with E-state index >= 15 is 0 Å². The van der Waals surface area contributed by atoms with Crippen molar-refractivity contribution in [3.63, 3.8) is 0 Å². The third-order valence-corrected chi connectivity index (χ3v) is 12.3. The van der Waals surface area contributed by atoms with Gasteiger partial charge in [0.1, 0.15) is 5.69 Å². The number of phenolic OH excluding ortho intramolecular Hbond substituents is 1. The molecule has 2 aromatic heterocycles. The molecule has 1 saturated heterocycles. The van der Waals surface area contributed by atoms with Crippen LogP contribution in [-0.2, 0) is 36.1 Å². The van der Waals surface area contributed by atoms with E-state index in [0.29, 0.717) is 42.9 Å². The molecule has 4 heterocycles. The van der Waals surface area contributed by atoms with E-state index in [9.17, 15) is 29.1 Å². The minimum atomic E-state index is -1.29. The number of methoxy groups -OCH3 is 3. The lowest BCUT2D eigenvalue weighted by Crippen LogP contribution is -2.49. The van der Waals surface area contributed by atoms with Gasteiger partial charge in [0.2, 0.25) is 11.8 Å². The monoisotopic (exact) mass is 860 g/mol. The summed E-state index contributed by atoms with van der Waals surface area (Å²) in [6, 6.07) is 14.7. The standard InChI is InChI=1S/C39H37IN6O9/c1-39-23(34(48)45(36(39)50)21-9-7-6-8-10-21)17-27-22(32(39)20-15-24(40)33(47)31(16-20)55-5)11-14-44-37(51)43(38(52)46(27)44)13-12-25-35(49)42(2)28-19-30(54-4)29(53-3)18-26(28)41-25/h6-11,15-16,18-19,23,27,32,47H,12-14,17H2,1-5H3/t23-,27+,32-,39+/m0/s1. The Labute approximate surface area is 327 Å². The number of hydrogen-bond donors (Lipinski definition) is 1. The number of fused-ring (bicyclic) bond motifs is 5. The first-order valence-electron chi connectivity index (χ1n) is 17.6. The number of aromatic nitrogens is 5. The van der Waals surface area contributed by atoms with E-state index in [-0.39, 0.29) is 54.6 Å². The van der Waals surface area contributed by atoms with Crippen LogP contribution < -0.4 is 36.0 Å². The number of aryl methyl sites for hydroxylation is 2. The summed E-state index contributed by atoms with van der Waals surface area (Å²) >= 11 is 2.00. The van der Waals surface area contributed by atoms with E-state index in [4.69, 9.17) is 14.2 Å². The predicted molar refractivity (Wildman–Crippen MR) is 209 cm³/mol. The first-order chi connectivity index (χ1) is 26.3. The van der Waals surface area contributed by atoms with Gasteiger partial charge >= 0.3 is 11.4 Å². The zero-order valence-corrected chi connectivity index (χ0v) is 32.8. The predicted octanol–water partition coefficient (Wildman–Crippen LogP) is 3.50. The van der Waals surface area contributed by atoms with E-state index in [1.807, 2.05) is 28.7 Å². The summed E-state index contributed by atoms with van der Waals surface area (Å²) in [5.74, 6) is -1.38. The van der Waals surface area contributed by atoms with Crippen molar-refractivity contribution in [1.82, 2.24) is 23.5 Å². The summed E-state index contributed by atoms with van der Waals surface area (Å²) in [4.78, 5) is 76.7. The van der Waals surface area contributed by atoms with Gasteiger partial charge in [-0.25, -0.2) is 33.4 Å². The second-order valence-corrected chi connectivity index (χ2v) is 15.3. The molecule has 5 aromatic rings. The third kappa shape index (κ3) is 5.27. The number of halogens is 1. The van der Waals surface area contributed by atoms with Gasteiger partial charge in [-0.1, -0.05) is 24.3 Å². The molecule has 2 fully saturated rings. The molecule has 1 aliphatic carbocycles. The smallest absolute Gasteiger partial charge is 0.347 e. The Morgan fingerprint density at radius 3 is 2.31 bits per heavy atom. The molecule has 8 rings (SSSR count). The van der Waals surface area contributed by atoms with Crippen LogP contribution >= 0.6 is 22.6 Å². The molecule has 2 aliphatic heterocycles. The Morgan fingerprint density at radius 2 is 1.62 bits per heavy atom. The molecular weight excluding hydrogens is 823 g/mol. The van der Waals surface area contributed by atoms with Gasteiger partial charge < -0.3 is 23.9 Å². The molecule has 4 atom stereocenters. The Morgan fingerprint density at radius 1 is 0.927 bits per heavy atom. The molecule has 3 aliphatic rings. The number of aromatic hydroxyl groups is 1. The molecule has 0 spiro atoms. The minimum absolute atomic E-state index is 0.0187. The van der Waals surface area contributed by atoms with Crippen LogP contribution in [0.3, 0.4) is 0 Å². The van der Waals surface area contributed by atoms with Crippen molar-refractivity contribution in [2.45, 2.75) is 44.8 Å². The lowest BCUT2D eigenvalue weighted by Gasteiger charge is -2.47. The molecule has 16 heteroatoms. The summed E-state index contributed by atoms with van der Waals surface area (Å²) in [5.41, 5.74) is 0.0472. The average Bonchev–Trinajstić information content (AvgIpc) is 3.55. The second-order valence-electron chi connectivity index (χ2n) is 14.1. The largest absolute Gasteiger partial charge is 0.504 e. The number of benzene rings is 3. The van der Waals surface area contributed by atoms with Crippen LogP contribution in [0.5, 0.6) is 23.0 Å². The van der Waals surface area contributed by atoms with Gasteiger partial charge in [0.25, 0.3) is 5.56 Å². The molecule has 0 bridgehead atoms. The van der Waals surface area contributed by atoms with Gasteiger partial charge in [-0.2, -0.15) is 0 Å². The van der Waals surface area contributed by atoms with Gasteiger partial charge in [-0.05, 0) is 71.3 Å². The van der Waals surface area contributed by atoms with Gasteiger partial charge in [-0.15, -0.1) is 0 Å². The average molecular weight is 861 g/mol. The lowest BCUT2D eigenvalue weighted by molar-refractivity contribution is -0.129. The highest BCUT2D eigenvalue weighted by atomic mass is 127. The number of allylic oxidation sites excluding steroid dienone is 2. The van der Waals surface area contributed by atoms with Crippen LogP contribution in [0.4, 0.5) is 5.69 Å². The van der Waals surface area contributed by atoms with Gasteiger partial charge in [0.05, 0.1) is 65.5 Å². The van der Waals surface area contributed by atoms with E-state index in [2.05, 4.69) is 4.98 Å². The Balaban J connectivity index is 1.22. The maximum Gasteiger partial charge on any atom is 0.347 e. The van der Waals surface area contributed by atoms with Gasteiger partial charge in [-0.3, -0.25) is 14.4 Å². The zero-order valence-electron chi connectivity index (χ0n) is 30.6. The number of hydrogen-bond acceptors (Lipinski definition) is 10. The SMILES string of the molecule is COc1cc2nc(CCn3c(=O)n4n(c3=O)[C@@H]3C[C@H]5C(=O)N(c6ccccc6)C(=O)[C@@]5(C)[C@@H](c5cc(I)c(O)c(OC)c5)C3=CC4)c(=O)n(C)c2cc1OC. The molecule has 0 radical (unpaired) electrons. The number of rotatable bonds is 8. The van der Waals surface area contributed by atoms with Gasteiger partial charge in [0, 0.05) is 38.1 Å². The summed E-state index contributed by atoms with van der Waals surface area (Å²) in [6.07, 6.45) is 1.93. The topological polar surface area (TPSA) is 169 Å². The summed E-state index contributed by atoms with van der Waals surface area (Å²) in [7, 11) is 6.04. The number of carbonyl (C=O) groups excluding carboxylic acids is 2. The number of imide groups is 1. The molecule has 0 unspecified atom stereocenters. The molecule has 1 N–H and O–H groups in total. The number of amides is 2. The third-order valence-electron chi connectivity index (χ3n) is 11.5. The fourth-order valence-corrected chi connectivity index (χ4v) is 9.35. The van der Waals surface area contributed by atoms with Crippen molar-refractivity contribution >= 4 is 51.1 Å². The molecule has 2 amide bonds. The maximum absolute atomic E-state index is 14.6. The Bertz CT molecular complexity index is 2660. The van der Waals surface area contributed by atoms with Crippen LogP contribution in [-0.4, -0.2) is 61.7 Å². The van der Waals surface area contributed by atoms with Crippen molar-refractivity contribution in [2.24, 2.45) is 18.4 Å². The number of anilines is 1. The van der Waals surface area contributed by atoms with Crippen LogP contribution in [0.1, 0.15) is 36.6 Å². The van der Waals surface area contributed by atoms with E-state index in [0.717, 1.165) is 4.57 Å². The fraction of sp³-hybridized carbons (Fsp3) is 0.333. The van der Waals surface area contributed by atoms with Crippen molar-refractivity contribution in [3.8, 4) is 23.0 Å². The summed E-state index contributed by atoms with van der Waals surface area (Å²) in [6.45, 7) is 1.68. The molecule has 55 heavy (non-hydrogen) atoms. The minimum Gasteiger partial charge on any atom is -0.504 e. The highest BCUT2D eigenvalue weighted by molar-refractivity contribution is 14.1. The number of carbonyl (C=O) groups is 2. The van der Waals surface area contributed by atoms with Crippen LogP contribution in [0.15, 0.2) is 80.6 Å². The number of nitrogens with zero attached hydrogens (tertiary/aromatic N) is 6. The normalized spacial score (nSPS) is 21.6. The van der Waals surface area contributed by atoms with Crippen molar-refractivity contribution < 1.29 is 28.9 Å². The van der Waals surface area contributed by atoms with Crippen molar-refractivity contribution in [1.29, 1.82) is 0 Å². The van der Waals surface area contributed by atoms with E-state index in [1.54, 1.807) is 68.6 Å². The molecule has 15 nitrogen and oxygen atoms in total. The van der Waals surface area contributed by atoms with E-state index in [1.165, 1.54) is 40.2 Å². The lowest BCUT2D eigenvalue weighted by atomic mass is 9.56. The van der Waals surface area contributed by atoms with Gasteiger partial charge in [0.15, 0.2) is 23.0 Å². The fourth-order valence-electron chi connectivity index (χ4n) is 8.73. The quantitative estimate of drug-likeness (QED) is 0.139. The van der Waals surface area contributed by atoms with E-state index < -0.39 is 40.6 Å². The highest BCUT2D eigenvalue weighted by Gasteiger charge is 2.65. The summed E-state index contributed by atoms with van der Waals surface area (Å²) in [5, 5.41) is 10.8. The number of para-hydroxylation sites is 1. The molecule has 284 valence electrons. The first kappa shape index (κ1) is 36.3.